The van der Waals surface area contributed by atoms with Crippen LogP contribution in [0.3, 0.4) is 0 Å². The van der Waals surface area contributed by atoms with Gasteiger partial charge in [0.05, 0.1) is 23.7 Å². The van der Waals surface area contributed by atoms with E-state index in [-0.39, 0.29) is 0 Å². The number of carboxylic acid groups (broad SMARTS) is 4. The molecule has 0 aromatic heterocycles. The van der Waals surface area contributed by atoms with E-state index < -0.39 is 54.0 Å². The van der Waals surface area contributed by atoms with Crippen LogP contribution in [-0.2, 0) is 19.2 Å². The molecule has 94 valence electrons. The summed E-state index contributed by atoms with van der Waals surface area (Å²) in [6.07, 6.45) is -0.487. The largest absolute Gasteiger partial charge is 0.481 e. The molecule has 0 aromatic carbocycles. The molecule has 0 amide bonds. The summed E-state index contributed by atoms with van der Waals surface area (Å²) in [6.45, 7) is 0. The summed E-state index contributed by atoms with van der Waals surface area (Å²) in [4.78, 5) is 43.4. The van der Waals surface area contributed by atoms with Gasteiger partial charge in [0.1, 0.15) is 0 Å². The lowest BCUT2D eigenvalue weighted by Gasteiger charge is -2.16. The van der Waals surface area contributed by atoms with E-state index in [0.29, 0.717) is 0 Å². The van der Waals surface area contributed by atoms with Gasteiger partial charge in [-0.1, -0.05) is 0 Å². The summed E-state index contributed by atoms with van der Waals surface area (Å²) in [5.41, 5.74) is 0. The van der Waals surface area contributed by atoms with Crippen molar-refractivity contribution in [3.8, 4) is 0 Å². The molecule has 0 aromatic rings. The van der Waals surface area contributed by atoms with Crippen LogP contribution >= 0.6 is 0 Å². The second-order valence-electron chi connectivity index (χ2n) is 3.85. The van der Waals surface area contributed by atoms with Gasteiger partial charge in [0.25, 0.3) is 0 Å². The first-order chi connectivity index (χ1) is 7.77. The summed E-state index contributed by atoms with van der Waals surface area (Å²) >= 11 is 0. The van der Waals surface area contributed by atoms with E-state index in [4.69, 9.17) is 20.4 Å². The lowest BCUT2D eigenvalue weighted by molar-refractivity contribution is -0.160. The highest BCUT2D eigenvalue weighted by Gasteiger charge is 2.56. The minimum Gasteiger partial charge on any atom is -0.481 e. The van der Waals surface area contributed by atoms with Crippen LogP contribution in [0, 0.1) is 23.7 Å². The molecule has 0 aliphatic heterocycles. The molecule has 4 atom stereocenters. The van der Waals surface area contributed by atoms with Gasteiger partial charge < -0.3 is 20.4 Å². The smallest absolute Gasteiger partial charge is 0.308 e. The first-order valence-corrected chi connectivity index (χ1v) is 4.68. The van der Waals surface area contributed by atoms with E-state index >= 15 is 0 Å². The molecule has 0 bridgehead atoms. The van der Waals surface area contributed by atoms with Gasteiger partial charge in [-0.05, 0) is 6.42 Å². The Labute approximate surface area is 94.5 Å². The third-order valence-electron chi connectivity index (χ3n) is 2.97. The molecule has 1 fully saturated rings. The standard InChI is InChI=1S/C9H10O8/c10-6(11)2-1-3(7(12)13)5(9(16)17)4(2)8(14)15/h2-5H,1H2,(H,10,11)(H,12,13)(H,14,15)(H,16,17)/t2-,3?,4+,5?/m1/s1. The van der Waals surface area contributed by atoms with Gasteiger partial charge in [-0.25, -0.2) is 0 Å². The number of hydrogen-bond donors (Lipinski definition) is 4. The van der Waals surface area contributed by atoms with Crippen LogP contribution in [0.15, 0.2) is 0 Å². The highest BCUT2D eigenvalue weighted by molar-refractivity contribution is 5.90. The summed E-state index contributed by atoms with van der Waals surface area (Å²) in [5.74, 6) is -12.6. The van der Waals surface area contributed by atoms with Crippen LogP contribution in [0.4, 0.5) is 0 Å². The van der Waals surface area contributed by atoms with Crippen LogP contribution in [0.2, 0.25) is 0 Å². The van der Waals surface area contributed by atoms with Crippen LogP contribution in [0.25, 0.3) is 0 Å². The van der Waals surface area contributed by atoms with Crippen LogP contribution in [-0.4, -0.2) is 44.3 Å². The second kappa shape index (κ2) is 4.40. The van der Waals surface area contributed by atoms with Crippen molar-refractivity contribution in [2.45, 2.75) is 6.42 Å². The molecule has 4 N–H and O–H groups in total. The van der Waals surface area contributed by atoms with Crippen molar-refractivity contribution in [3.05, 3.63) is 0 Å². The fourth-order valence-corrected chi connectivity index (χ4v) is 2.23. The van der Waals surface area contributed by atoms with Crippen LogP contribution in [0.5, 0.6) is 0 Å². The predicted octanol–water partition coefficient (Wildman–Crippen LogP) is -0.807. The van der Waals surface area contributed by atoms with Crippen molar-refractivity contribution < 1.29 is 39.6 Å². The predicted molar refractivity (Wildman–Crippen MR) is 49.1 cm³/mol. The van der Waals surface area contributed by atoms with E-state index in [1.54, 1.807) is 0 Å². The van der Waals surface area contributed by atoms with Crippen molar-refractivity contribution >= 4 is 23.9 Å². The van der Waals surface area contributed by atoms with E-state index in [0.717, 1.165) is 0 Å². The maximum absolute atomic E-state index is 10.9. The maximum atomic E-state index is 10.9. The fourth-order valence-electron chi connectivity index (χ4n) is 2.23. The molecule has 8 heteroatoms. The highest BCUT2D eigenvalue weighted by atomic mass is 16.4. The van der Waals surface area contributed by atoms with Gasteiger partial charge in [-0.3, -0.25) is 19.2 Å². The Morgan fingerprint density at radius 2 is 0.941 bits per heavy atom. The molecule has 0 heterocycles. The third-order valence-corrected chi connectivity index (χ3v) is 2.97. The topological polar surface area (TPSA) is 149 Å². The minimum absolute atomic E-state index is 0.487. The van der Waals surface area contributed by atoms with Gasteiger partial charge >= 0.3 is 23.9 Å². The van der Waals surface area contributed by atoms with E-state index in [1.165, 1.54) is 0 Å². The van der Waals surface area contributed by atoms with Crippen molar-refractivity contribution in [1.29, 1.82) is 0 Å². The zero-order valence-electron chi connectivity index (χ0n) is 8.44. The SMILES string of the molecule is O=C(O)C1C[C@@H](C(=O)O)[C@H](C(=O)O)C1C(=O)O. The van der Waals surface area contributed by atoms with Crippen molar-refractivity contribution in [1.82, 2.24) is 0 Å². The molecule has 1 aliphatic carbocycles. The summed E-state index contributed by atoms with van der Waals surface area (Å²) in [5, 5.41) is 35.2. The zero-order chi connectivity index (χ0) is 13.3. The van der Waals surface area contributed by atoms with E-state index in [1.807, 2.05) is 0 Å². The molecular weight excluding hydrogens is 236 g/mol. The lowest BCUT2D eigenvalue weighted by Crippen LogP contribution is -2.35. The fraction of sp³-hybridized carbons (Fsp3) is 0.556. The number of carbonyl (C=O) groups is 4. The number of hydrogen-bond acceptors (Lipinski definition) is 4. The Balaban J connectivity index is 3.17. The van der Waals surface area contributed by atoms with Crippen molar-refractivity contribution in [2.24, 2.45) is 23.7 Å². The van der Waals surface area contributed by atoms with E-state index in [2.05, 4.69) is 0 Å². The molecular formula is C9H10O8. The highest BCUT2D eigenvalue weighted by Crippen LogP contribution is 2.42. The summed E-state index contributed by atoms with van der Waals surface area (Å²) in [7, 11) is 0. The van der Waals surface area contributed by atoms with Crippen LogP contribution in [0.1, 0.15) is 6.42 Å². The van der Waals surface area contributed by atoms with Gasteiger partial charge in [0, 0.05) is 0 Å². The maximum Gasteiger partial charge on any atom is 0.308 e. The van der Waals surface area contributed by atoms with Crippen molar-refractivity contribution in [2.75, 3.05) is 0 Å². The zero-order valence-corrected chi connectivity index (χ0v) is 8.44. The molecule has 1 aliphatic rings. The Bertz CT molecular complexity index is 350. The molecule has 0 spiro atoms. The first-order valence-electron chi connectivity index (χ1n) is 4.68. The average Bonchev–Trinajstić information content (AvgIpc) is 2.56. The minimum atomic E-state index is -1.72. The lowest BCUT2D eigenvalue weighted by atomic mass is 9.87. The third kappa shape index (κ3) is 2.19. The molecule has 2 unspecified atom stereocenters. The monoisotopic (exact) mass is 246 g/mol. The average molecular weight is 246 g/mol. The second-order valence-corrected chi connectivity index (χ2v) is 3.85. The molecule has 0 saturated heterocycles. The van der Waals surface area contributed by atoms with Gasteiger partial charge in [0.2, 0.25) is 0 Å². The normalized spacial score (nSPS) is 32.0. The van der Waals surface area contributed by atoms with E-state index in [9.17, 15) is 19.2 Å². The van der Waals surface area contributed by atoms with Gasteiger partial charge in [0.15, 0.2) is 0 Å². The van der Waals surface area contributed by atoms with Crippen molar-refractivity contribution in [3.63, 3.8) is 0 Å². The van der Waals surface area contributed by atoms with Crippen LogP contribution < -0.4 is 0 Å². The van der Waals surface area contributed by atoms with Gasteiger partial charge in [-0.15, -0.1) is 0 Å². The Hall–Kier alpha value is -2.12. The molecule has 1 rings (SSSR count). The Morgan fingerprint density at radius 1 is 0.647 bits per heavy atom. The quantitative estimate of drug-likeness (QED) is 0.503. The molecule has 1 saturated carbocycles. The molecule has 17 heavy (non-hydrogen) atoms. The molecule has 8 nitrogen and oxygen atoms in total. The number of carboxylic acids is 4. The summed E-state index contributed by atoms with van der Waals surface area (Å²) < 4.78 is 0. The number of rotatable bonds is 4. The first kappa shape index (κ1) is 12.9. The molecule has 0 radical (unpaired) electrons. The Kier molecular flexibility index (Phi) is 3.35. The summed E-state index contributed by atoms with van der Waals surface area (Å²) in [6, 6.07) is 0. The number of aliphatic carboxylic acids is 4. The van der Waals surface area contributed by atoms with Gasteiger partial charge in [-0.2, -0.15) is 0 Å². The Morgan fingerprint density at radius 3 is 1.12 bits per heavy atom.